The van der Waals surface area contributed by atoms with Crippen LogP contribution in [0.2, 0.25) is 0 Å². The van der Waals surface area contributed by atoms with Gasteiger partial charge in [0, 0.05) is 43.5 Å². The number of rotatable bonds is 4. The van der Waals surface area contributed by atoms with E-state index in [0.717, 1.165) is 0 Å². The lowest BCUT2D eigenvalue weighted by Gasteiger charge is -2.20. The summed E-state index contributed by atoms with van der Waals surface area (Å²) in [6.45, 7) is 7.18. The smallest absolute Gasteiger partial charge is 0.0366 e. The van der Waals surface area contributed by atoms with Gasteiger partial charge in [-0.2, -0.15) is 0 Å². The Morgan fingerprint density at radius 2 is 0.917 bits per heavy atom. The Hall–Kier alpha value is -1.96. The van der Waals surface area contributed by atoms with E-state index in [2.05, 4.69) is 65.3 Å². The monoisotopic (exact) mass is 320 g/mol. The van der Waals surface area contributed by atoms with Crippen molar-refractivity contribution < 1.29 is 0 Å². The highest BCUT2D eigenvalue weighted by molar-refractivity contribution is 5.52. The minimum Gasteiger partial charge on any atom is -0.372 e. The fraction of sp³-hybridized carbons (Fsp3) is 0.455. The van der Waals surface area contributed by atoms with Crippen LogP contribution >= 0.6 is 0 Å². The fourth-order valence-electron chi connectivity index (χ4n) is 4.09. The Balaban J connectivity index is 1.47. The first-order valence-corrected chi connectivity index (χ1v) is 9.51. The molecule has 0 spiro atoms. The Bertz CT molecular complexity index is 588. The highest BCUT2D eigenvalue weighted by Crippen LogP contribution is 2.29. The molecule has 2 heteroatoms. The summed E-state index contributed by atoms with van der Waals surface area (Å²) >= 11 is 0. The first kappa shape index (κ1) is 15.6. The molecule has 0 saturated carbocycles. The van der Waals surface area contributed by atoms with Gasteiger partial charge in [-0.3, -0.25) is 0 Å². The lowest BCUT2D eigenvalue weighted by molar-refractivity contribution is 0.912. The zero-order chi connectivity index (χ0) is 16.4. The molecule has 0 amide bonds. The van der Waals surface area contributed by atoms with Crippen LogP contribution in [0.15, 0.2) is 48.5 Å². The number of hydrogen-bond donors (Lipinski definition) is 0. The molecule has 24 heavy (non-hydrogen) atoms. The van der Waals surface area contributed by atoms with Crippen LogP contribution in [0.4, 0.5) is 11.4 Å². The van der Waals surface area contributed by atoms with Gasteiger partial charge in [-0.15, -0.1) is 0 Å². The van der Waals surface area contributed by atoms with E-state index in [4.69, 9.17) is 0 Å². The molecule has 4 rings (SSSR count). The summed E-state index contributed by atoms with van der Waals surface area (Å²) in [5.74, 6) is 0.449. The summed E-state index contributed by atoms with van der Waals surface area (Å²) in [5.41, 5.74) is 5.58. The van der Waals surface area contributed by atoms with Gasteiger partial charge in [0.15, 0.2) is 0 Å². The summed E-state index contributed by atoms with van der Waals surface area (Å²) in [6.07, 6.45) is 5.34. The second-order valence-corrected chi connectivity index (χ2v) is 7.29. The van der Waals surface area contributed by atoms with Crippen molar-refractivity contribution in [3.63, 3.8) is 0 Å². The highest BCUT2D eigenvalue weighted by Gasteiger charge is 2.15. The maximum atomic E-state index is 2.50. The SMILES string of the molecule is CC(c1ccc(N2CCCC2)cc1)c1ccc(N2CCCC2)cc1. The van der Waals surface area contributed by atoms with Crippen LogP contribution in [0.1, 0.15) is 49.7 Å². The molecule has 0 aliphatic carbocycles. The summed E-state index contributed by atoms with van der Waals surface area (Å²) in [6, 6.07) is 18.5. The molecule has 2 aliphatic rings. The molecule has 2 aromatic carbocycles. The molecule has 0 bridgehead atoms. The second-order valence-electron chi connectivity index (χ2n) is 7.29. The fourth-order valence-corrected chi connectivity index (χ4v) is 4.09. The molecule has 0 radical (unpaired) electrons. The van der Waals surface area contributed by atoms with Crippen molar-refractivity contribution in [2.75, 3.05) is 36.0 Å². The van der Waals surface area contributed by atoms with E-state index >= 15 is 0 Å². The predicted molar refractivity (Wildman–Crippen MR) is 103 cm³/mol. The van der Waals surface area contributed by atoms with Gasteiger partial charge in [-0.1, -0.05) is 31.2 Å². The number of benzene rings is 2. The zero-order valence-electron chi connectivity index (χ0n) is 14.7. The van der Waals surface area contributed by atoms with Crippen LogP contribution in [0.3, 0.4) is 0 Å². The van der Waals surface area contributed by atoms with Crippen LogP contribution in [-0.2, 0) is 0 Å². The van der Waals surface area contributed by atoms with Gasteiger partial charge < -0.3 is 9.80 Å². The Labute approximate surface area is 146 Å². The summed E-state index contributed by atoms with van der Waals surface area (Å²) < 4.78 is 0. The van der Waals surface area contributed by atoms with Crippen LogP contribution in [0.5, 0.6) is 0 Å². The largest absolute Gasteiger partial charge is 0.372 e. The number of hydrogen-bond acceptors (Lipinski definition) is 2. The molecule has 0 unspecified atom stereocenters. The first-order valence-electron chi connectivity index (χ1n) is 9.51. The normalized spacial score (nSPS) is 17.9. The average Bonchev–Trinajstić information content (AvgIpc) is 3.35. The van der Waals surface area contributed by atoms with Crippen LogP contribution in [0.25, 0.3) is 0 Å². The van der Waals surface area contributed by atoms with E-state index in [1.807, 2.05) is 0 Å². The minimum atomic E-state index is 0.449. The van der Waals surface area contributed by atoms with Crippen molar-refractivity contribution in [3.05, 3.63) is 59.7 Å². The van der Waals surface area contributed by atoms with Gasteiger partial charge in [0.1, 0.15) is 0 Å². The van der Waals surface area contributed by atoms with Crippen molar-refractivity contribution in [2.45, 2.75) is 38.5 Å². The van der Waals surface area contributed by atoms with E-state index < -0.39 is 0 Å². The van der Waals surface area contributed by atoms with E-state index in [1.165, 1.54) is 74.4 Å². The molecule has 126 valence electrons. The van der Waals surface area contributed by atoms with Crippen molar-refractivity contribution in [2.24, 2.45) is 0 Å². The van der Waals surface area contributed by atoms with Gasteiger partial charge in [0.05, 0.1) is 0 Å². The van der Waals surface area contributed by atoms with Gasteiger partial charge >= 0.3 is 0 Å². The van der Waals surface area contributed by atoms with Crippen molar-refractivity contribution >= 4 is 11.4 Å². The van der Waals surface area contributed by atoms with Crippen LogP contribution in [-0.4, -0.2) is 26.2 Å². The first-order chi connectivity index (χ1) is 11.8. The molecule has 2 nitrogen and oxygen atoms in total. The quantitative estimate of drug-likeness (QED) is 0.779. The molecular weight excluding hydrogens is 292 g/mol. The van der Waals surface area contributed by atoms with E-state index in [9.17, 15) is 0 Å². The molecule has 2 saturated heterocycles. The molecule has 0 N–H and O–H groups in total. The van der Waals surface area contributed by atoms with Crippen molar-refractivity contribution in [1.29, 1.82) is 0 Å². The standard InChI is InChI=1S/C22H28N2/c1-18(19-6-10-21(11-7-19)23-14-2-3-15-23)20-8-12-22(13-9-20)24-16-4-5-17-24/h6-13,18H,2-5,14-17H2,1H3. The maximum absolute atomic E-state index is 2.50. The van der Waals surface area contributed by atoms with Crippen LogP contribution < -0.4 is 9.80 Å². The third-order valence-electron chi connectivity index (χ3n) is 5.73. The molecule has 2 aliphatic heterocycles. The molecular formula is C22H28N2. The van der Waals surface area contributed by atoms with Crippen molar-refractivity contribution in [3.8, 4) is 0 Å². The Morgan fingerprint density at radius 1 is 0.583 bits per heavy atom. The Kier molecular flexibility index (Phi) is 4.46. The number of nitrogens with zero attached hydrogens (tertiary/aromatic N) is 2. The topological polar surface area (TPSA) is 6.48 Å². The molecule has 2 fully saturated rings. The summed E-state index contributed by atoms with van der Waals surface area (Å²) in [5, 5.41) is 0. The third kappa shape index (κ3) is 3.15. The van der Waals surface area contributed by atoms with E-state index in [-0.39, 0.29) is 0 Å². The van der Waals surface area contributed by atoms with Crippen LogP contribution in [0, 0.1) is 0 Å². The zero-order valence-corrected chi connectivity index (χ0v) is 14.7. The van der Waals surface area contributed by atoms with Gasteiger partial charge in [-0.05, 0) is 61.1 Å². The third-order valence-corrected chi connectivity index (χ3v) is 5.73. The second kappa shape index (κ2) is 6.88. The summed E-state index contributed by atoms with van der Waals surface area (Å²) in [7, 11) is 0. The predicted octanol–water partition coefficient (Wildman–Crippen LogP) is 5.04. The maximum Gasteiger partial charge on any atom is 0.0366 e. The van der Waals surface area contributed by atoms with Gasteiger partial charge in [-0.25, -0.2) is 0 Å². The average molecular weight is 320 g/mol. The van der Waals surface area contributed by atoms with Gasteiger partial charge in [0.25, 0.3) is 0 Å². The highest BCUT2D eigenvalue weighted by atomic mass is 15.1. The Morgan fingerprint density at radius 3 is 1.25 bits per heavy atom. The lowest BCUT2D eigenvalue weighted by atomic mass is 9.93. The van der Waals surface area contributed by atoms with Crippen molar-refractivity contribution in [1.82, 2.24) is 0 Å². The van der Waals surface area contributed by atoms with E-state index in [1.54, 1.807) is 0 Å². The molecule has 2 aromatic rings. The number of anilines is 2. The molecule has 0 atom stereocenters. The van der Waals surface area contributed by atoms with Gasteiger partial charge in [0.2, 0.25) is 0 Å². The minimum absolute atomic E-state index is 0.449. The molecule has 0 aromatic heterocycles. The lowest BCUT2D eigenvalue weighted by Crippen LogP contribution is -2.17. The summed E-state index contributed by atoms with van der Waals surface area (Å²) in [4.78, 5) is 5.00. The van der Waals surface area contributed by atoms with E-state index in [0.29, 0.717) is 5.92 Å². The molecule has 2 heterocycles.